The lowest BCUT2D eigenvalue weighted by atomic mass is 10.0. The van der Waals surface area contributed by atoms with E-state index in [9.17, 15) is 27.9 Å². The van der Waals surface area contributed by atoms with Gasteiger partial charge in [0.2, 0.25) is 0 Å². The van der Waals surface area contributed by atoms with Crippen molar-refractivity contribution in [2.45, 2.75) is 39.7 Å². The molecule has 34 heavy (non-hydrogen) atoms. The van der Waals surface area contributed by atoms with E-state index >= 15 is 0 Å². The summed E-state index contributed by atoms with van der Waals surface area (Å²) in [6.45, 7) is 5.42. The summed E-state index contributed by atoms with van der Waals surface area (Å²) in [7, 11) is -3.11. The minimum absolute atomic E-state index is 0.0303. The van der Waals surface area contributed by atoms with Crippen molar-refractivity contribution in [1.82, 2.24) is 4.31 Å². The van der Waals surface area contributed by atoms with Crippen LogP contribution in [0.15, 0.2) is 24.3 Å². The molecule has 2 aromatic rings. The van der Waals surface area contributed by atoms with Gasteiger partial charge in [-0.3, -0.25) is 4.79 Å². The fourth-order valence-corrected chi connectivity index (χ4v) is 7.00. The SMILES string of the molecule is CCOC(=O)c1sc2c(c1C)C(=O)N(C(C)(C)C(=O)O)S(=O)(=O)N2CCc1ccccc1OC. The van der Waals surface area contributed by atoms with Gasteiger partial charge in [0.05, 0.1) is 19.3 Å². The summed E-state index contributed by atoms with van der Waals surface area (Å²) in [6.07, 6.45) is 0.212. The lowest BCUT2D eigenvalue weighted by Gasteiger charge is -2.41. The molecule has 0 atom stereocenters. The number of carbonyl (C=O) groups is 3. The summed E-state index contributed by atoms with van der Waals surface area (Å²) in [6, 6.07) is 7.08. The van der Waals surface area contributed by atoms with Crippen LogP contribution in [0.5, 0.6) is 5.75 Å². The Kier molecular flexibility index (Phi) is 6.94. The van der Waals surface area contributed by atoms with E-state index in [1.807, 2.05) is 0 Å². The largest absolute Gasteiger partial charge is 0.496 e. The highest BCUT2D eigenvalue weighted by molar-refractivity contribution is 7.91. The van der Waals surface area contributed by atoms with Crippen LogP contribution in [0, 0.1) is 6.92 Å². The van der Waals surface area contributed by atoms with Crippen LogP contribution in [0.1, 0.15) is 51.9 Å². The van der Waals surface area contributed by atoms with Crippen molar-refractivity contribution in [3.05, 3.63) is 45.8 Å². The van der Waals surface area contributed by atoms with Gasteiger partial charge in [-0.15, -0.1) is 11.3 Å². The molecule has 0 saturated heterocycles. The quantitative estimate of drug-likeness (QED) is 0.537. The zero-order valence-electron chi connectivity index (χ0n) is 19.4. The molecule has 184 valence electrons. The zero-order valence-corrected chi connectivity index (χ0v) is 21.1. The second-order valence-corrected chi connectivity index (χ2v) is 10.7. The van der Waals surface area contributed by atoms with E-state index in [1.165, 1.54) is 14.0 Å². The van der Waals surface area contributed by atoms with Crippen molar-refractivity contribution in [2.75, 3.05) is 24.6 Å². The number of carbonyl (C=O) groups excluding carboxylic acids is 2. The Hall–Kier alpha value is -3.12. The van der Waals surface area contributed by atoms with E-state index in [4.69, 9.17) is 9.47 Å². The molecule has 1 amide bonds. The number of para-hydroxylation sites is 1. The predicted molar refractivity (Wildman–Crippen MR) is 126 cm³/mol. The van der Waals surface area contributed by atoms with Crippen LogP contribution in [0.2, 0.25) is 0 Å². The number of esters is 1. The Morgan fingerprint density at radius 2 is 1.85 bits per heavy atom. The Balaban J connectivity index is 2.19. The highest BCUT2D eigenvalue weighted by Gasteiger charge is 2.53. The smallest absolute Gasteiger partial charge is 0.348 e. The maximum absolute atomic E-state index is 13.7. The molecule has 0 unspecified atom stereocenters. The number of hydrogen-bond acceptors (Lipinski definition) is 8. The second kappa shape index (κ2) is 9.26. The molecular formula is C22H26N2O8S2. The van der Waals surface area contributed by atoms with Crippen molar-refractivity contribution >= 4 is 44.4 Å². The van der Waals surface area contributed by atoms with E-state index in [0.717, 1.165) is 35.1 Å². The summed E-state index contributed by atoms with van der Waals surface area (Å²) in [5.41, 5.74) is -1.14. The number of ether oxygens (including phenoxy) is 2. The zero-order chi connectivity index (χ0) is 25.4. The molecule has 1 aliphatic heterocycles. The van der Waals surface area contributed by atoms with Gasteiger partial charge in [-0.2, -0.15) is 8.42 Å². The Bertz CT molecular complexity index is 1250. The minimum atomic E-state index is -4.61. The Morgan fingerprint density at radius 1 is 1.21 bits per heavy atom. The van der Waals surface area contributed by atoms with Crippen molar-refractivity contribution in [2.24, 2.45) is 0 Å². The molecule has 3 rings (SSSR count). The number of amides is 1. The van der Waals surface area contributed by atoms with Gasteiger partial charge in [0.15, 0.2) is 5.54 Å². The number of thiophene rings is 1. The van der Waals surface area contributed by atoms with Gasteiger partial charge in [0.25, 0.3) is 5.91 Å². The third-order valence-corrected chi connectivity index (χ3v) is 8.95. The van der Waals surface area contributed by atoms with Crippen molar-refractivity contribution in [3.8, 4) is 5.75 Å². The monoisotopic (exact) mass is 510 g/mol. The molecule has 0 spiro atoms. The van der Waals surface area contributed by atoms with Crippen LogP contribution in [-0.4, -0.2) is 61.5 Å². The molecule has 2 heterocycles. The summed E-state index contributed by atoms with van der Waals surface area (Å²) in [5, 5.41) is 9.78. The first kappa shape index (κ1) is 25.5. The molecule has 12 heteroatoms. The number of aliphatic carboxylic acids is 1. The van der Waals surface area contributed by atoms with E-state index < -0.39 is 33.6 Å². The highest BCUT2D eigenvalue weighted by Crippen LogP contribution is 2.44. The molecule has 1 aromatic heterocycles. The van der Waals surface area contributed by atoms with Crippen molar-refractivity contribution in [1.29, 1.82) is 0 Å². The molecule has 1 N–H and O–H groups in total. The lowest BCUT2D eigenvalue weighted by Crippen LogP contribution is -2.62. The molecule has 1 aliphatic rings. The number of rotatable bonds is 8. The van der Waals surface area contributed by atoms with Gasteiger partial charge in [-0.05, 0) is 51.3 Å². The topological polar surface area (TPSA) is 131 Å². The van der Waals surface area contributed by atoms with E-state index in [0.29, 0.717) is 10.1 Å². The molecule has 0 radical (unpaired) electrons. The van der Waals surface area contributed by atoms with Gasteiger partial charge < -0.3 is 14.6 Å². The maximum Gasteiger partial charge on any atom is 0.348 e. The van der Waals surface area contributed by atoms with Gasteiger partial charge in [-0.25, -0.2) is 18.2 Å². The average molecular weight is 511 g/mol. The van der Waals surface area contributed by atoms with Gasteiger partial charge in [0, 0.05) is 6.54 Å². The second-order valence-electron chi connectivity index (χ2n) is 8.03. The van der Waals surface area contributed by atoms with Crippen molar-refractivity contribution in [3.63, 3.8) is 0 Å². The van der Waals surface area contributed by atoms with Gasteiger partial charge in [0.1, 0.15) is 15.6 Å². The van der Waals surface area contributed by atoms with Crippen LogP contribution in [0.3, 0.4) is 0 Å². The molecule has 0 saturated carbocycles. The van der Waals surface area contributed by atoms with E-state index in [1.54, 1.807) is 31.2 Å². The van der Waals surface area contributed by atoms with Gasteiger partial charge in [-0.1, -0.05) is 18.2 Å². The first-order chi connectivity index (χ1) is 15.9. The van der Waals surface area contributed by atoms with Crippen LogP contribution in [-0.2, 0) is 26.2 Å². The third kappa shape index (κ3) is 4.11. The molecule has 0 bridgehead atoms. The highest BCUT2D eigenvalue weighted by atomic mass is 32.2. The molecule has 0 aliphatic carbocycles. The predicted octanol–water partition coefficient (Wildman–Crippen LogP) is 2.85. The van der Waals surface area contributed by atoms with E-state index in [-0.39, 0.29) is 40.6 Å². The summed E-state index contributed by atoms with van der Waals surface area (Å²) < 4.78 is 39.1. The number of benzene rings is 1. The maximum atomic E-state index is 13.7. The van der Waals surface area contributed by atoms with Crippen LogP contribution < -0.4 is 9.04 Å². The number of methoxy groups -OCH3 is 1. The van der Waals surface area contributed by atoms with Crippen LogP contribution in [0.25, 0.3) is 0 Å². The lowest BCUT2D eigenvalue weighted by molar-refractivity contribution is -0.145. The number of nitrogens with zero attached hydrogens (tertiary/aromatic N) is 2. The molecular weight excluding hydrogens is 484 g/mol. The standard InChI is InChI=1S/C22H26N2O8S2/c1-6-32-20(26)17-13(2)16-18(25)24(22(3,4)21(27)28)34(29,30)23(19(16)33-17)12-11-14-9-7-8-10-15(14)31-5/h7-10H,6,11-12H2,1-5H3,(H,27,28). The Labute approximate surface area is 201 Å². The fraction of sp³-hybridized carbons (Fsp3) is 0.409. The number of hydrogen-bond donors (Lipinski definition) is 1. The number of fused-ring (bicyclic) bond motifs is 1. The fourth-order valence-electron chi connectivity index (χ4n) is 3.70. The van der Waals surface area contributed by atoms with Crippen LogP contribution >= 0.6 is 11.3 Å². The van der Waals surface area contributed by atoms with E-state index in [2.05, 4.69) is 0 Å². The molecule has 10 nitrogen and oxygen atoms in total. The number of carboxylic acids is 1. The van der Waals surface area contributed by atoms with Crippen LogP contribution in [0.4, 0.5) is 5.00 Å². The summed E-state index contributed by atoms with van der Waals surface area (Å²) >= 11 is 0.836. The normalized spacial score (nSPS) is 15.1. The molecule has 0 fully saturated rings. The number of anilines is 1. The number of carboxylic acid groups (broad SMARTS) is 1. The summed E-state index contributed by atoms with van der Waals surface area (Å²) in [5.74, 6) is -2.61. The first-order valence-electron chi connectivity index (χ1n) is 10.4. The minimum Gasteiger partial charge on any atom is -0.496 e. The van der Waals surface area contributed by atoms with Gasteiger partial charge >= 0.3 is 22.1 Å². The third-order valence-electron chi connectivity index (χ3n) is 5.53. The first-order valence-corrected chi connectivity index (χ1v) is 12.6. The molecule has 1 aromatic carbocycles. The van der Waals surface area contributed by atoms with Crippen molar-refractivity contribution < 1.29 is 37.4 Å². The summed E-state index contributed by atoms with van der Waals surface area (Å²) in [4.78, 5) is 37.9. The Morgan fingerprint density at radius 3 is 2.44 bits per heavy atom. The average Bonchev–Trinajstić information content (AvgIpc) is 3.10.